The Bertz CT molecular complexity index is 232. The third-order valence-electron chi connectivity index (χ3n) is 1.99. The summed E-state index contributed by atoms with van der Waals surface area (Å²) in [7, 11) is 0. The summed E-state index contributed by atoms with van der Waals surface area (Å²) in [6.45, 7) is 2.10. The van der Waals surface area contributed by atoms with Crippen molar-refractivity contribution in [1.82, 2.24) is 10.8 Å². The van der Waals surface area contributed by atoms with Crippen molar-refractivity contribution in [2.45, 2.75) is 31.8 Å². The van der Waals surface area contributed by atoms with Crippen LogP contribution in [-0.4, -0.2) is 30.5 Å². The van der Waals surface area contributed by atoms with Crippen LogP contribution in [0.3, 0.4) is 0 Å². The molecule has 4 N–H and O–H groups in total. The molecule has 0 aromatic carbocycles. The van der Waals surface area contributed by atoms with Crippen LogP contribution in [0.15, 0.2) is 0 Å². The highest BCUT2D eigenvalue weighted by molar-refractivity contribution is 5.90. The van der Waals surface area contributed by atoms with Crippen LogP contribution in [0.1, 0.15) is 19.8 Å². The number of carbonyl (C=O) groups excluding carboxylic acids is 2. The maximum Gasteiger partial charge on any atom is 0.268 e. The van der Waals surface area contributed by atoms with E-state index in [-0.39, 0.29) is 18.4 Å². The van der Waals surface area contributed by atoms with E-state index in [1.807, 2.05) is 6.92 Å². The molecule has 0 aliphatic carbocycles. The second-order valence-corrected chi connectivity index (χ2v) is 3.23. The van der Waals surface area contributed by atoms with Gasteiger partial charge in [-0.1, -0.05) is 13.3 Å². The topological polar surface area (TPSA) is 93.5 Å². The van der Waals surface area contributed by atoms with E-state index in [1.54, 1.807) is 0 Å². The fraction of sp³-hybridized carbons (Fsp3) is 0.750. The van der Waals surface area contributed by atoms with E-state index in [0.29, 0.717) is 6.42 Å². The van der Waals surface area contributed by atoms with Gasteiger partial charge in [0.1, 0.15) is 12.6 Å². The highest BCUT2D eigenvalue weighted by Crippen LogP contribution is 1.97. The number of nitrogens with one attached hydrogen (secondary N) is 2. The van der Waals surface area contributed by atoms with E-state index < -0.39 is 12.1 Å². The van der Waals surface area contributed by atoms with Crippen LogP contribution in [0, 0.1) is 0 Å². The molecule has 0 aromatic rings. The first kappa shape index (κ1) is 10.9. The molecule has 2 amide bonds. The molecule has 1 fully saturated rings. The zero-order chi connectivity index (χ0) is 10.6. The SMILES string of the molecule is CCC[C@H](N)C(=O)N[C@@H]1CONC1=O. The fourth-order valence-electron chi connectivity index (χ4n) is 1.17. The summed E-state index contributed by atoms with van der Waals surface area (Å²) in [5.41, 5.74) is 7.72. The number of hydrogen-bond acceptors (Lipinski definition) is 4. The van der Waals surface area contributed by atoms with Crippen molar-refractivity contribution >= 4 is 11.8 Å². The van der Waals surface area contributed by atoms with Crippen LogP contribution < -0.4 is 16.5 Å². The van der Waals surface area contributed by atoms with E-state index in [1.165, 1.54) is 0 Å². The zero-order valence-corrected chi connectivity index (χ0v) is 8.08. The smallest absolute Gasteiger partial charge is 0.268 e. The summed E-state index contributed by atoms with van der Waals surface area (Å²) >= 11 is 0. The molecular weight excluding hydrogens is 186 g/mol. The van der Waals surface area contributed by atoms with Crippen LogP contribution in [0.2, 0.25) is 0 Å². The minimum Gasteiger partial charge on any atom is -0.341 e. The molecule has 0 bridgehead atoms. The summed E-state index contributed by atoms with van der Waals surface area (Å²) in [6, 6.07) is -1.15. The van der Waals surface area contributed by atoms with Gasteiger partial charge in [0, 0.05) is 0 Å². The molecule has 1 rings (SSSR count). The molecule has 0 spiro atoms. The molecule has 0 saturated carbocycles. The second-order valence-electron chi connectivity index (χ2n) is 3.23. The number of rotatable bonds is 4. The van der Waals surface area contributed by atoms with Crippen LogP contribution in [0.25, 0.3) is 0 Å². The molecule has 6 nitrogen and oxygen atoms in total. The van der Waals surface area contributed by atoms with Gasteiger partial charge in [-0.05, 0) is 6.42 Å². The highest BCUT2D eigenvalue weighted by atomic mass is 16.7. The molecule has 6 heteroatoms. The van der Waals surface area contributed by atoms with E-state index in [0.717, 1.165) is 6.42 Å². The number of nitrogens with two attached hydrogens (primary N) is 1. The predicted molar refractivity (Wildman–Crippen MR) is 48.9 cm³/mol. The van der Waals surface area contributed by atoms with Gasteiger partial charge in [-0.25, -0.2) is 5.48 Å². The first-order chi connectivity index (χ1) is 6.65. The summed E-state index contributed by atoms with van der Waals surface area (Å²) in [4.78, 5) is 27.0. The Morgan fingerprint density at radius 2 is 2.57 bits per heavy atom. The molecule has 0 radical (unpaired) electrons. The van der Waals surface area contributed by atoms with Crippen LogP contribution in [0.5, 0.6) is 0 Å². The summed E-state index contributed by atoms with van der Waals surface area (Å²) < 4.78 is 0. The standard InChI is InChI=1S/C8H15N3O3/c1-2-3-5(9)7(12)10-6-4-14-11-8(6)13/h5-6H,2-4,9H2,1H3,(H,10,12)(H,11,13)/t5-,6+/m0/s1. The average Bonchev–Trinajstić information content (AvgIpc) is 2.52. The molecule has 1 saturated heterocycles. The maximum absolute atomic E-state index is 11.4. The first-order valence-corrected chi connectivity index (χ1v) is 4.62. The number of carbonyl (C=O) groups is 2. The van der Waals surface area contributed by atoms with Gasteiger partial charge in [-0.3, -0.25) is 14.4 Å². The molecule has 2 atom stereocenters. The van der Waals surface area contributed by atoms with Crippen molar-refractivity contribution in [2.75, 3.05) is 6.61 Å². The van der Waals surface area contributed by atoms with Gasteiger partial charge in [-0.2, -0.15) is 0 Å². The Balaban J connectivity index is 2.36. The van der Waals surface area contributed by atoms with Crippen LogP contribution in [0.4, 0.5) is 0 Å². The van der Waals surface area contributed by atoms with Crippen molar-refractivity contribution in [1.29, 1.82) is 0 Å². The van der Waals surface area contributed by atoms with Crippen LogP contribution >= 0.6 is 0 Å². The first-order valence-electron chi connectivity index (χ1n) is 4.62. The number of amides is 2. The quantitative estimate of drug-likeness (QED) is 0.525. The Morgan fingerprint density at radius 1 is 1.86 bits per heavy atom. The van der Waals surface area contributed by atoms with E-state index in [2.05, 4.69) is 15.6 Å². The van der Waals surface area contributed by atoms with Gasteiger partial charge in [0.2, 0.25) is 5.91 Å². The third kappa shape index (κ3) is 2.68. The Labute approximate surface area is 82.1 Å². The number of hydrogen-bond donors (Lipinski definition) is 3. The molecule has 80 valence electrons. The monoisotopic (exact) mass is 201 g/mol. The normalized spacial score (nSPS) is 23.0. The highest BCUT2D eigenvalue weighted by Gasteiger charge is 2.28. The van der Waals surface area contributed by atoms with Crippen molar-refractivity contribution in [2.24, 2.45) is 5.73 Å². The van der Waals surface area contributed by atoms with E-state index in [4.69, 9.17) is 5.73 Å². The molecule has 14 heavy (non-hydrogen) atoms. The Kier molecular flexibility index (Phi) is 3.84. The van der Waals surface area contributed by atoms with Crippen molar-refractivity contribution in [3.63, 3.8) is 0 Å². The second kappa shape index (κ2) is 4.92. The lowest BCUT2D eigenvalue weighted by Crippen LogP contribution is -2.48. The van der Waals surface area contributed by atoms with Gasteiger partial charge in [0.15, 0.2) is 0 Å². The summed E-state index contributed by atoms with van der Waals surface area (Å²) in [6.07, 6.45) is 1.45. The third-order valence-corrected chi connectivity index (χ3v) is 1.99. The molecule has 1 aliphatic heterocycles. The van der Waals surface area contributed by atoms with Gasteiger partial charge >= 0.3 is 0 Å². The lowest BCUT2D eigenvalue weighted by atomic mass is 10.1. The van der Waals surface area contributed by atoms with Crippen LogP contribution in [-0.2, 0) is 14.4 Å². The van der Waals surface area contributed by atoms with Gasteiger partial charge in [0.05, 0.1) is 6.04 Å². The average molecular weight is 201 g/mol. The number of hydroxylamine groups is 1. The molecular formula is C8H15N3O3. The van der Waals surface area contributed by atoms with Crippen molar-refractivity contribution < 1.29 is 14.4 Å². The van der Waals surface area contributed by atoms with Crippen molar-refractivity contribution in [3.05, 3.63) is 0 Å². The molecule has 1 aliphatic rings. The van der Waals surface area contributed by atoms with Gasteiger partial charge < -0.3 is 11.1 Å². The lowest BCUT2D eigenvalue weighted by Gasteiger charge is -2.13. The minimum atomic E-state index is -0.606. The minimum absolute atomic E-state index is 0.156. The predicted octanol–water partition coefficient (Wildman–Crippen LogP) is -1.34. The lowest BCUT2D eigenvalue weighted by molar-refractivity contribution is -0.129. The molecule has 0 unspecified atom stereocenters. The maximum atomic E-state index is 11.4. The summed E-state index contributed by atoms with van der Waals surface area (Å²) in [5, 5.41) is 2.51. The zero-order valence-electron chi connectivity index (χ0n) is 8.08. The Morgan fingerprint density at radius 3 is 3.07 bits per heavy atom. The van der Waals surface area contributed by atoms with Gasteiger partial charge in [0.25, 0.3) is 5.91 Å². The van der Waals surface area contributed by atoms with Crippen molar-refractivity contribution in [3.8, 4) is 0 Å². The summed E-state index contributed by atoms with van der Waals surface area (Å²) in [5.74, 6) is -0.639. The molecule has 1 heterocycles. The Hall–Kier alpha value is -1.14. The molecule has 0 aromatic heterocycles. The van der Waals surface area contributed by atoms with Gasteiger partial charge in [-0.15, -0.1) is 0 Å². The van der Waals surface area contributed by atoms with E-state index >= 15 is 0 Å². The van der Waals surface area contributed by atoms with E-state index in [9.17, 15) is 9.59 Å². The fourth-order valence-corrected chi connectivity index (χ4v) is 1.17. The largest absolute Gasteiger partial charge is 0.341 e.